The lowest BCUT2D eigenvalue weighted by molar-refractivity contribution is 1.21. The molecule has 0 aliphatic carbocycles. The van der Waals surface area contributed by atoms with Crippen LogP contribution in [-0.2, 0) is 6.42 Å². The van der Waals surface area contributed by atoms with Crippen LogP contribution in [-0.4, -0.2) is 0 Å². The normalized spacial score (nSPS) is 10.6. The zero-order valence-electron chi connectivity index (χ0n) is 11.6. The number of hydrogen-bond donors (Lipinski definition) is 0. The summed E-state index contributed by atoms with van der Waals surface area (Å²) < 4.78 is 0. The molecular formula is C19H20. The van der Waals surface area contributed by atoms with E-state index >= 15 is 0 Å². The Bertz CT molecular complexity index is 570. The molecule has 0 amide bonds. The summed E-state index contributed by atoms with van der Waals surface area (Å²) in [6, 6.07) is 19.0. The van der Waals surface area contributed by atoms with Crippen molar-refractivity contribution in [1.29, 1.82) is 0 Å². The molecule has 19 heavy (non-hydrogen) atoms. The summed E-state index contributed by atoms with van der Waals surface area (Å²) in [4.78, 5) is 0. The summed E-state index contributed by atoms with van der Waals surface area (Å²) in [5.41, 5.74) is 5.26. The molecule has 0 saturated carbocycles. The van der Waals surface area contributed by atoms with Crippen molar-refractivity contribution in [3.8, 4) is 0 Å². The van der Waals surface area contributed by atoms with Gasteiger partial charge in [-0.15, -0.1) is 0 Å². The molecule has 0 radical (unpaired) electrons. The average molecular weight is 248 g/mol. The summed E-state index contributed by atoms with van der Waals surface area (Å²) in [5.74, 6) is 0. The molecule has 0 unspecified atom stereocenters. The molecule has 0 aliphatic rings. The third-order valence-electron chi connectivity index (χ3n) is 3.04. The highest BCUT2D eigenvalue weighted by Crippen LogP contribution is 2.15. The monoisotopic (exact) mass is 248 g/mol. The van der Waals surface area contributed by atoms with Gasteiger partial charge in [-0.3, -0.25) is 0 Å². The Labute approximate surface area is 116 Å². The molecule has 0 aliphatic heterocycles. The fraction of sp³-hybridized carbons (Fsp3) is 0.158. The predicted octanol–water partition coefficient (Wildman–Crippen LogP) is 5.37. The maximum Gasteiger partial charge on any atom is -0.00890 e. The molecule has 0 saturated heterocycles. The highest BCUT2D eigenvalue weighted by molar-refractivity contribution is 5.71. The molecule has 0 N–H and O–H groups in total. The van der Waals surface area contributed by atoms with Gasteiger partial charge < -0.3 is 0 Å². The molecule has 2 aromatic carbocycles. The van der Waals surface area contributed by atoms with Crippen LogP contribution < -0.4 is 0 Å². The van der Waals surface area contributed by atoms with E-state index in [0.29, 0.717) is 0 Å². The van der Waals surface area contributed by atoms with Crippen LogP contribution in [0, 0.1) is 0 Å². The Morgan fingerprint density at radius 1 is 0.842 bits per heavy atom. The van der Waals surface area contributed by atoms with E-state index in [9.17, 15) is 0 Å². The molecule has 0 spiro atoms. The van der Waals surface area contributed by atoms with Crippen molar-refractivity contribution in [3.63, 3.8) is 0 Å². The summed E-state index contributed by atoms with van der Waals surface area (Å²) in [6.07, 6.45) is 7.64. The number of rotatable bonds is 4. The van der Waals surface area contributed by atoms with Crippen LogP contribution in [0.5, 0.6) is 0 Å². The molecule has 0 heteroatoms. The first-order chi connectivity index (χ1) is 9.25. The maximum atomic E-state index is 2.27. The van der Waals surface area contributed by atoms with Crippen LogP contribution in [0.2, 0.25) is 0 Å². The van der Waals surface area contributed by atoms with Crippen molar-refractivity contribution >= 4 is 12.2 Å². The van der Waals surface area contributed by atoms with E-state index in [-0.39, 0.29) is 0 Å². The summed E-state index contributed by atoms with van der Waals surface area (Å²) in [5, 5.41) is 0. The van der Waals surface area contributed by atoms with Gasteiger partial charge in [0.15, 0.2) is 0 Å². The average Bonchev–Trinajstić information content (AvgIpc) is 2.45. The van der Waals surface area contributed by atoms with E-state index in [4.69, 9.17) is 0 Å². The van der Waals surface area contributed by atoms with Crippen molar-refractivity contribution in [2.75, 3.05) is 0 Å². The fourth-order valence-corrected chi connectivity index (χ4v) is 1.95. The van der Waals surface area contributed by atoms with E-state index in [0.717, 1.165) is 6.42 Å². The van der Waals surface area contributed by atoms with Gasteiger partial charge in [-0.05, 0) is 37.0 Å². The van der Waals surface area contributed by atoms with E-state index in [1.54, 1.807) is 0 Å². The molecule has 96 valence electrons. The van der Waals surface area contributed by atoms with Crippen LogP contribution in [0.3, 0.4) is 0 Å². The lowest BCUT2D eigenvalue weighted by atomic mass is 10.0. The van der Waals surface area contributed by atoms with Gasteiger partial charge in [-0.25, -0.2) is 0 Å². The fourth-order valence-electron chi connectivity index (χ4n) is 1.95. The number of hydrogen-bond acceptors (Lipinski definition) is 0. The van der Waals surface area contributed by atoms with Crippen LogP contribution in [0.1, 0.15) is 30.5 Å². The summed E-state index contributed by atoms with van der Waals surface area (Å²) in [6.45, 7) is 4.28. The van der Waals surface area contributed by atoms with Crippen LogP contribution in [0.15, 0.2) is 66.2 Å². The van der Waals surface area contributed by atoms with Crippen molar-refractivity contribution < 1.29 is 0 Å². The molecule has 0 fully saturated rings. The second-order valence-electron chi connectivity index (χ2n) is 4.93. The van der Waals surface area contributed by atoms with E-state index in [1.165, 1.54) is 22.3 Å². The van der Waals surface area contributed by atoms with Crippen LogP contribution in [0.4, 0.5) is 0 Å². The topological polar surface area (TPSA) is 0 Å². The summed E-state index contributed by atoms with van der Waals surface area (Å²) in [7, 11) is 0. The van der Waals surface area contributed by atoms with Gasteiger partial charge in [-0.1, -0.05) is 78.4 Å². The Hall–Kier alpha value is -2.08. The third kappa shape index (κ3) is 4.26. The summed E-state index contributed by atoms with van der Waals surface area (Å²) >= 11 is 0. The first kappa shape index (κ1) is 13.4. The largest absolute Gasteiger partial charge is 0.0815 e. The number of allylic oxidation sites excluding steroid dienone is 2. The van der Waals surface area contributed by atoms with Gasteiger partial charge in [0, 0.05) is 0 Å². The lowest BCUT2D eigenvalue weighted by Gasteiger charge is -2.03. The van der Waals surface area contributed by atoms with E-state index in [2.05, 4.69) is 80.6 Å². The van der Waals surface area contributed by atoms with E-state index < -0.39 is 0 Å². The van der Waals surface area contributed by atoms with Gasteiger partial charge in [0.1, 0.15) is 0 Å². The molecule has 0 aromatic heterocycles. The maximum absolute atomic E-state index is 2.27. The SMILES string of the molecule is CC(C)=CCc1ccccc1C=Cc1ccccc1. The van der Waals surface area contributed by atoms with Crippen molar-refractivity contribution in [1.82, 2.24) is 0 Å². The Morgan fingerprint density at radius 2 is 1.53 bits per heavy atom. The Balaban J connectivity index is 2.20. The first-order valence-electron chi connectivity index (χ1n) is 6.70. The van der Waals surface area contributed by atoms with Crippen molar-refractivity contribution in [3.05, 3.63) is 82.9 Å². The van der Waals surface area contributed by atoms with E-state index in [1.807, 2.05) is 6.07 Å². The molecule has 0 atom stereocenters. The Kier molecular flexibility index (Phi) is 4.74. The molecule has 0 heterocycles. The smallest absolute Gasteiger partial charge is 0.00890 e. The molecule has 2 rings (SSSR count). The highest BCUT2D eigenvalue weighted by Gasteiger charge is 1.96. The minimum Gasteiger partial charge on any atom is -0.0815 e. The second kappa shape index (κ2) is 6.75. The second-order valence-corrected chi connectivity index (χ2v) is 4.93. The molecule has 2 aromatic rings. The predicted molar refractivity (Wildman–Crippen MR) is 84.9 cm³/mol. The first-order valence-corrected chi connectivity index (χ1v) is 6.70. The van der Waals surface area contributed by atoms with Gasteiger partial charge in [0.25, 0.3) is 0 Å². The zero-order chi connectivity index (χ0) is 13.5. The standard InChI is InChI=1S/C19H20/c1-16(2)12-14-18-10-6-7-11-19(18)15-13-17-8-4-3-5-9-17/h3-13,15H,14H2,1-2H3. The lowest BCUT2D eigenvalue weighted by Crippen LogP contribution is -1.86. The minimum atomic E-state index is 0.998. The van der Waals surface area contributed by atoms with Crippen LogP contribution >= 0.6 is 0 Å². The molecular weight excluding hydrogens is 228 g/mol. The number of benzene rings is 2. The highest BCUT2D eigenvalue weighted by atomic mass is 14.0. The molecule has 0 nitrogen and oxygen atoms in total. The van der Waals surface area contributed by atoms with Gasteiger partial charge >= 0.3 is 0 Å². The van der Waals surface area contributed by atoms with Crippen molar-refractivity contribution in [2.24, 2.45) is 0 Å². The third-order valence-corrected chi connectivity index (χ3v) is 3.04. The minimum absolute atomic E-state index is 0.998. The van der Waals surface area contributed by atoms with Crippen molar-refractivity contribution in [2.45, 2.75) is 20.3 Å². The van der Waals surface area contributed by atoms with Gasteiger partial charge in [0.05, 0.1) is 0 Å². The van der Waals surface area contributed by atoms with Gasteiger partial charge in [0.2, 0.25) is 0 Å². The quantitative estimate of drug-likeness (QED) is 0.504. The molecule has 0 bridgehead atoms. The Morgan fingerprint density at radius 3 is 2.26 bits per heavy atom. The van der Waals surface area contributed by atoms with Crippen LogP contribution in [0.25, 0.3) is 12.2 Å². The zero-order valence-corrected chi connectivity index (χ0v) is 11.6. The van der Waals surface area contributed by atoms with Gasteiger partial charge in [-0.2, -0.15) is 0 Å².